The molecule has 1 fully saturated rings. The average Bonchev–Trinajstić information content (AvgIpc) is 0.780. The number of carbonyl (C=O) groups excluding carboxylic acids is 6. The van der Waals surface area contributed by atoms with Gasteiger partial charge in [-0.3, -0.25) is 33.3 Å². The highest BCUT2D eigenvalue weighted by Crippen LogP contribution is 2.43. The van der Waals surface area contributed by atoms with Gasteiger partial charge in [-0.2, -0.15) is 0 Å². The number of hydrogen-bond acceptors (Lipinski definition) is 16. The molecule has 21 heteroatoms. The molecular formula is C93H177N2O18P. The molecule has 0 aromatic rings. The van der Waals surface area contributed by atoms with E-state index in [2.05, 4.69) is 52.2 Å². The number of amides is 2. The van der Waals surface area contributed by atoms with Crippen LogP contribution in [0.2, 0.25) is 0 Å². The molecule has 6 N–H and O–H groups in total. The van der Waals surface area contributed by atoms with E-state index in [1.54, 1.807) is 0 Å². The molecule has 672 valence electrons. The highest BCUT2D eigenvalue weighted by Gasteiger charge is 2.52. The van der Waals surface area contributed by atoms with Gasteiger partial charge in [-0.05, 0) is 57.8 Å². The van der Waals surface area contributed by atoms with E-state index in [1.165, 1.54) is 180 Å². The van der Waals surface area contributed by atoms with E-state index in [0.717, 1.165) is 173 Å². The summed E-state index contributed by atoms with van der Waals surface area (Å²) in [7, 11) is -5.53. The third-order valence-corrected chi connectivity index (χ3v) is 23.2. The number of esters is 4. The van der Waals surface area contributed by atoms with Crippen LogP contribution in [-0.2, 0) is 66.3 Å². The van der Waals surface area contributed by atoms with Gasteiger partial charge in [0, 0.05) is 19.3 Å². The fourth-order valence-electron chi connectivity index (χ4n) is 15.6. The fourth-order valence-corrected chi connectivity index (χ4v) is 16.2. The lowest BCUT2D eigenvalue weighted by molar-refractivity contribution is -0.272. The van der Waals surface area contributed by atoms with Crippen molar-refractivity contribution < 1.29 is 86.3 Å². The van der Waals surface area contributed by atoms with Crippen molar-refractivity contribution in [2.24, 2.45) is 0 Å². The van der Waals surface area contributed by atoms with E-state index in [1.807, 2.05) is 0 Å². The summed E-state index contributed by atoms with van der Waals surface area (Å²) >= 11 is 0. The first-order valence-corrected chi connectivity index (χ1v) is 49.6. The van der Waals surface area contributed by atoms with Crippen LogP contribution in [0.25, 0.3) is 0 Å². The molecule has 9 atom stereocenters. The van der Waals surface area contributed by atoms with Crippen LogP contribution in [0.3, 0.4) is 0 Å². The second-order valence-corrected chi connectivity index (χ2v) is 35.0. The predicted molar refractivity (Wildman–Crippen MR) is 462 cm³/mol. The molecule has 0 aromatic heterocycles. The number of rotatable bonds is 85. The first kappa shape index (κ1) is 109. The molecule has 0 radical (unpaired) electrons. The molecule has 0 bridgehead atoms. The summed E-state index contributed by atoms with van der Waals surface area (Å²) in [4.78, 5) is 106. The van der Waals surface area contributed by atoms with Crippen LogP contribution in [-0.4, -0.2) is 131 Å². The largest absolute Gasteiger partial charge is 0.470 e. The number of nitrogens with one attached hydrogen (secondary N) is 2. The number of hydrogen-bond donors (Lipinski definition) is 6. The Morgan fingerprint density at radius 3 is 0.904 bits per heavy atom. The molecule has 0 aromatic carbocycles. The van der Waals surface area contributed by atoms with Crippen LogP contribution in [0.15, 0.2) is 0 Å². The van der Waals surface area contributed by atoms with Crippen molar-refractivity contribution in [3.63, 3.8) is 0 Å². The number of unbranched alkanes of at least 4 members (excludes halogenated alkanes) is 54. The number of phosphoric ester groups is 1. The maximum absolute atomic E-state index is 15.0. The summed E-state index contributed by atoms with van der Waals surface area (Å²) in [5, 5.41) is 27.7. The second kappa shape index (κ2) is 78.3. The van der Waals surface area contributed by atoms with Gasteiger partial charge in [0.15, 0.2) is 12.4 Å². The van der Waals surface area contributed by atoms with Crippen molar-refractivity contribution in [2.75, 3.05) is 19.8 Å². The molecule has 2 amide bonds. The lowest BCUT2D eigenvalue weighted by atomic mass is 9.95. The standard InChI is InChI=1S/C93H177N2O18P/c1-7-13-19-25-31-37-40-46-52-58-64-70-86(100)108-80(67-61-55-49-43-34-28-22-16-10-4)73-84(98)94-79(76-96)78-107-93-90(95-85(99)74-81(68-62-56-50-44-35-29-23-17-11-5)109-87(101)71-65-59-53-47-41-38-32-26-20-14-8-2)92(91(83(77-97)111-93)113-114(104,105)106)112-89(103)75-82(69-63-57-51-45-36-30-24-18-12-6)110-88(102)72-66-60-54-48-42-39-33-27-21-15-9-3/h79-83,90-93,96-97H,7-78H2,1-6H3,(H,94,98)(H,95,99)(H2,104,105,106)/t79-,80-,81-,82-,83-,90+,91-,92-,93+/m1/s1. The van der Waals surface area contributed by atoms with E-state index < -0.39 is 119 Å². The molecular weight excluding hydrogens is 1460 g/mol. The topological polar surface area (TPSA) is 289 Å². The number of aliphatic hydroxyl groups is 2. The Bertz CT molecular complexity index is 2300. The minimum absolute atomic E-state index is 0.154. The SMILES string of the molecule is CCCCCCCCCCCCCC(=O)O[C@H](CCCCCCCCCCC)CC(=O)N[C@H](CO)CO[C@H]1O[C@H](CO)[C@@H](OP(=O)(O)O)[C@H](OC(=O)C[C@@H](CCCCCCCCCCC)OC(=O)CCCCCCCCCCCCC)[C@@H]1NC(=O)C[C@@H](CCCCCCCCCCC)OC(=O)CCCCCCCCCCCCC. The van der Waals surface area contributed by atoms with Gasteiger partial charge >= 0.3 is 31.7 Å². The van der Waals surface area contributed by atoms with Gasteiger partial charge < -0.3 is 59.1 Å². The Labute approximate surface area is 696 Å². The maximum Gasteiger partial charge on any atom is 0.470 e. The molecule has 0 unspecified atom stereocenters. The second-order valence-electron chi connectivity index (χ2n) is 33.8. The van der Waals surface area contributed by atoms with Gasteiger partial charge in [0.2, 0.25) is 11.8 Å². The molecule has 1 aliphatic heterocycles. The number of aliphatic hydroxyl groups excluding tert-OH is 2. The van der Waals surface area contributed by atoms with Crippen LogP contribution in [0, 0.1) is 0 Å². The lowest BCUT2D eigenvalue weighted by Crippen LogP contribution is -2.66. The monoisotopic (exact) mass is 1640 g/mol. The van der Waals surface area contributed by atoms with Crippen molar-refractivity contribution in [3.05, 3.63) is 0 Å². The summed E-state index contributed by atoms with van der Waals surface area (Å²) in [5.74, 6) is -3.47. The van der Waals surface area contributed by atoms with E-state index in [0.29, 0.717) is 51.4 Å². The molecule has 1 aliphatic rings. The molecule has 114 heavy (non-hydrogen) atoms. The van der Waals surface area contributed by atoms with E-state index in [4.69, 9.17) is 32.9 Å². The average molecular weight is 1640 g/mol. The highest BCUT2D eigenvalue weighted by molar-refractivity contribution is 7.46. The first-order valence-electron chi connectivity index (χ1n) is 48.1. The molecule has 0 saturated carbocycles. The Hall–Kier alpha value is -3.23. The van der Waals surface area contributed by atoms with Crippen molar-refractivity contribution in [1.82, 2.24) is 10.6 Å². The van der Waals surface area contributed by atoms with Gasteiger partial charge in [-0.15, -0.1) is 0 Å². The van der Waals surface area contributed by atoms with Crippen LogP contribution in [0.4, 0.5) is 0 Å². The molecule has 0 aliphatic carbocycles. The van der Waals surface area contributed by atoms with E-state index in [-0.39, 0.29) is 38.1 Å². The smallest absolute Gasteiger partial charge is 0.462 e. The number of ether oxygens (including phenoxy) is 6. The van der Waals surface area contributed by atoms with Crippen molar-refractivity contribution in [2.45, 2.75) is 540 Å². The summed E-state index contributed by atoms with van der Waals surface area (Å²) in [6.45, 7) is 11.1. The quantitative estimate of drug-likeness (QED) is 0.0143. The van der Waals surface area contributed by atoms with E-state index >= 15 is 0 Å². The Kier molecular flexibility index (Phi) is 74.7. The normalized spacial score (nSPS) is 16.8. The van der Waals surface area contributed by atoms with Gasteiger partial charge in [-0.25, -0.2) is 4.57 Å². The third kappa shape index (κ3) is 65.6. The number of phosphoric acid groups is 1. The predicted octanol–water partition coefficient (Wildman–Crippen LogP) is 23.8. The zero-order valence-corrected chi connectivity index (χ0v) is 75.0. The summed E-state index contributed by atoms with van der Waals surface area (Å²) < 4.78 is 55.8. The summed E-state index contributed by atoms with van der Waals surface area (Å²) in [6.07, 6.45) is 56.3. The Morgan fingerprint density at radius 2 is 0.623 bits per heavy atom. The number of carbonyl (C=O) groups is 6. The molecule has 1 rings (SSSR count). The van der Waals surface area contributed by atoms with Gasteiger partial charge in [0.05, 0.1) is 45.1 Å². The Balaban J connectivity index is 3.78. The fraction of sp³-hybridized carbons (Fsp3) is 0.935. The highest BCUT2D eigenvalue weighted by atomic mass is 31.2. The minimum Gasteiger partial charge on any atom is -0.462 e. The third-order valence-electron chi connectivity index (χ3n) is 22.7. The van der Waals surface area contributed by atoms with E-state index in [9.17, 15) is 53.3 Å². The van der Waals surface area contributed by atoms with Crippen LogP contribution in [0.5, 0.6) is 0 Å². The summed E-state index contributed by atoms with van der Waals surface area (Å²) in [5.41, 5.74) is 0. The van der Waals surface area contributed by atoms with Crippen molar-refractivity contribution in [1.29, 1.82) is 0 Å². The van der Waals surface area contributed by atoms with Crippen LogP contribution < -0.4 is 10.6 Å². The van der Waals surface area contributed by atoms with Gasteiger partial charge in [0.25, 0.3) is 0 Å². The van der Waals surface area contributed by atoms with Gasteiger partial charge in [0.1, 0.15) is 36.6 Å². The van der Waals surface area contributed by atoms with Crippen molar-refractivity contribution >= 4 is 43.5 Å². The van der Waals surface area contributed by atoms with Crippen molar-refractivity contribution in [3.8, 4) is 0 Å². The summed E-state index contributed by atoms with van der Waals surface area (Å²) in [6, 6.07) is -2.81. The molecule has 1 heterocycles. The zero-order valence-electron chi connectivity index (χ0n) is 74.1. The Morgan fingerprint density at radius 1 is 0.351 bits per heavy atom. The first-order chi connectivity index (χ1) is 55.5. The van der Waals surface area contributed by atoms with Crippen LogP contribution >= 0.6 is 7.82 Å². The van der Waals surface area contributed by atoms with Gasteiger partial charge in [-0.1, -0.05) is 388 Å². The molecule has 1 saturated heterocycles. The molecule has 0 spiro atoms. The lowest BCUT2D eigenvalue weighted by Gasteiger charge is -2.45. The van der Waals surface area contributed by atoms with Crippen LogP contribution in [0.1, 0.15) is 485 Å². The molecule has 20 nitrogen and oxygen atoms in total. The zero-order chi connectivity index (χ0) is 83.4. The maximum atomic E-state index is 15.0. The minimum atomic E-state index is -5.53.